The standard InChI is InChI=1S/C10H10Cl2N2S2/c1-2-13-4-9-14-7(5-15-9)6-3-8(11)16-10(6)12/h3,5,13H,2,4H2,1H3. The molecule has 0 unspecified atom stereocenters. The van der Waals surface area contributed by atoms with Gasteiger partial charge in [-0.05, 0) is 12.6 Å². The first-order valence-electron chi connectivity index (χ1n) is 4.81. The molecule has 2 aromatic rings. The number of aromatic nitrogens is 1. The van der Waals surface area contributed by atoms with Crippen LogP contribution in [-0.2, 0) is 6.54 Å². The summed E-state index contributed by atoms with van der Waals surface area (Å²) in [7, 11) is 0. The molecule has 0 aliphatic heterocycles. The van der Waals surface area contributed by atoms with Crippen LogP contribution in [0, 0.1) is 0 Å². The highest BCUT2D eigenvalue weighted by molar-refractivity contribution is 7.20. The molecule has 6 heteroatoms. The van der Waals surface area contributed by atoms with E-state index in [2.05, 4.69) is 17.2 Å². The lowest BCUT2D eigenvalue weighted by atomic mass is 10.3. The molecule has 2 heterocycles. The van der Waals surface area contributed by atoms with Crippen LogP contribution in [0.1, 0.15) is 11.9 Å². The van der Waals surface area contributed by atoms with E-state index in [4.69, 9.17) is 23.2 Å². The van der Waals surface area contributed by atoms with Gasteiger partial charge in [-0.25, -0.2) is 4.98 Å². The van der Waals surface area contributed by atoms with E-state index in [1.165, 1.54) is 11.3 Å². The molecule has 16 heavy (non-hydrogen) atoms. The highest BCUT2D eigenvalue weighted by Gasteiger charge is 2.11. The molecule has 1 N–H and O–H groups in total. The average Bonchev–Trinajstić information content (AvgIpc) is 2.82. The lowest BCUT2D eigenvalue weighted by Gasteiger charge is -1.95. The number of hydrogen-bond acceptors (Lipinski definition) is 4. The summed E-state index contributed by atoms with van der Waals surface area (Å²) < 4.78 is 1.39. The Hall–Kier alpha value is -0.130. The molecule has 0 spiro atoms. The zero-order valence-corrected chi connectivity index (χ0v) is 11.7. The maximum Gasteiger partial charge on any atom is 0.107 e. The Morgan fingerprint density at radius 3 is 2.88 bits per heavy atom. The van der Waals surface area contributed by atoms with Crippen LogP contribution in [0.15, 0.2) is 11.4 Å². The Bertz CT molecular complexity index is 479. The molecule has 0 radical (unpaired) electrons. The summed E-state index contributed by atoms with van der Waals surface area (Å²) in [6, 6.07) is 1.86. The van der Waals surface area contributed by atoms with Crippen LogP contribution >= 0.6 is 45.9 Å². The second kappa shape index (κ2) is 5.47. The third kappa shape index (κ3) is 2.76. The van der Waals surface area contributed by atoms with Gasteiger partial charge < -0.3 is 5.32 Å². The van der Waals surface area contributed by atoms with Crippen LogP contribution in [0.3, 0.4) is 0 Å². The van der Waals surface area contributed by atoms with Gasteiger partial charge in [-0.1, -0.05) is 30.1 Å². The molecular formula is C10H10Cl2N2S2. The molecule has 0 amide bonds. The predicted molar refractivity (Wildman–Crippen MR) is 72.8 cm³/mol. The Morgan fingerprint density at radius 1 is 1.44 bits per heavy atom. The van der Waals surface area contributed by atoms with Gasteiger partial charge in [0.25, 0.3) is 0 Å². The molecule has 0 saturated carbocycles. The molecule has 2 rings (SSSR count). The van der Waals surface area contributed by atoms with Crippen LogP contribution in [0.5, 0.6) is 0 Å². The lowest BCUT2D eigenvalue weighted by Crippen LogP contribution is -2.11. The van der Waals surface area contributed by atoms with Crippen molar-refractivity contribution in [2.45, 2.75) is 13.5 Å². The average molecular weight is 293 g/mol. The van der Waals surface area contributed by atoms with Crippen LogP contribution in [0.25, 0.3) is 11.3 Å². The third-order valence-corrected chi connectivity index (χ3v) is 4.35. The molecule has 0 aliphatic rings. The minimum absolute atomic E-state index is 0.696. The zero-order valence-electron chi connectivity index (χ0n) is 8.59. The number of thiophene rings is 1. The van der Waals surface area contributed by atoms with Crippen LogP contribution < -0.4 is 5.32 Å². The van der Waals surface area contributed by atoms with Crippen molar-refractivity contribution < 1.29 is 0 Å². The number of halogens is 2. The fourth-order valence-electron chi connectivity index (χ4n) is 1.26. The minimum Gasteiger partial charge on any atom is -0.311 e. The second-order valence-corrected chi connectivity index (χ2v) is 6.37. The number of nitrogens with zero attached hydrogens (tertiary/aromatic N) is 1. The van der Waals surface area contributed by atoms with Gasteiger partial charge in [-0.3, -0.25) is 0 Å². The Kier molecular flexibility index (Phi) is 4.21. The maximum absolute atomic E-state index is 6.08. The first-order chi connectivity index (χ1) is 7.70. The molecule has 0 bridgehead atoms. The summed E-state index contributed by atoms with van der Waals surface area (Å²) in [6.07, 6.45) is 0. The van der Waals surface area contributed by atoms with Crippen molar-refractivity contribution in [1.82, 2.24) is 10.3 Å². The van der Waals surface area contributed by atoms with Crippen molar-refractivity contribution >= 4 is 45.9 Å². The molecular weight excluding hydrogens is 283 g/mol. The monoisotopic (exact) mass is 292 g/mol. The van der Waals surface area contributed by atoms with Gasteiger partial charge >= 0.3 is 0 Å². The summed E-state index contributed by atoms with van der Waals surface area (Å²) in [6.45, 7) is 3.82. The van der Waals surface area contributed by atoms with Gasteiger partial charge in [0.1, 0.15) is 9.34 Å². The predicted octanol–water partition coefficient (Wildman–Crippen LogP) is 4.29. The third-order valence-electron chi connectivity index (χ3n) is 2.01. The highest BCUT2D eigenvalue weighted by atomic mass is 35.5. The molecule has 2 nitrogen and oxygen atoms in total. The van der Waals surface area contributed by atoms with Gasteiger partial charge in [-0.2, -0.15) is 0 Å². The number of nitrogens with one attached hydrogen (secondary N) is 1. The lowest BCUT2D eigenvalue weighted by molar-refractivity contribution is 0.723. The SMILES string of the molecule is CCNCc1nc(-c2cc(Cl)sc2Cl)cs1. The molecule has 0 atom stereocenters. The van der Waals surface area contributed by atoms with Crippen LogP contribution in [-0.4, -0.2) is 11.5 Å². The van der Waals surface area contributed by atoms with E-state index in [0.717, 1.165) is 29.4 Å². The van der Waals surface area contributed by atoms with Gasteiger partial charge in [0, 0.05) is 17.5 Å². The first kappa shape index (κ1) is 12.3. The topological polar surface area (TPSA) is 24.9 Å². The minimum atomic E-state index is 0.696. The van der Waals surface area contributed by atoms with E-state index in [-0.39, 0.29) is 0 Å². The largest absolute Gasteiger partial charge is 0.311 e. The zero-order chi connectivity index (χ0) is 11.5. The van der Waals surface area contributed by atoms with Gasteiger partial charge in [0.15, 0.2) is 0 Å². The van der Waals surface area contributed by atoms with E-state index in [9.17, 15) is 0 Å². The molecule has 0 fully saturated rings. The van der Waals surface area contributed by atoms with E-state index < -0.39 is 0 Å². The number of rotatable bonds is 4. The van der Waals surface area contributed by atoms with E-state index in [1.807, 2.05) is 11.4 Å². The normalized spacial score (nSPS) is 10.9. The summed E-state index contributed by atoms with van der Waals surface area (Å²) >= 11 is 15.0. The Labute approximate surface area is 112 Å². The maximum atomic E-state index is 6.08. The van der Waals surface area contributed by atoms with Gasteiger partial charge in [0.05, 0.1) is 10.0 Å². The van der Waals surface area contributed by atoms with Gasteiger partial charge in [0.2, 0.25) is 0 Å². The van der Waals surface area contributed by atoms with Crippen molar-refractivity contribution in [3.63, 3.8) is 0 Å². The first-order valence-corrected chi connectivity index (χ1v) is 7.26. The van der Waals surface area contributed by atoms with Crippen molar-refractivity contribution in [2.24, 2.45) is 0 Å². The molecule has 0 aliphatic carbocycles. The molecule has 0 saturated heterocycles. The van der Waals surface area contributed by atoms with Crippen molar-refractivity contribution in [1.29, 1.82) is 0 Å². The molecule has 86 valence electrons. The Morgan fingerprint density at radius 2 is 2.25 bits per heavy atom. The number of hydrogen-bond donors (Lipinski definition) is 1. The van der Waals surface area contributed by atoms with Crippen molar-refractivity contribution in [3.05, 3.63) is 25.1 Å². The fraction of sp³-hybridized carbons (Fsp3) is 0.300. The highest BCUT2D eigenvalue weighted by Crippen LogP contribution is 2.38. The summed E-state index contributed by atoms with van der Waals surface area (Å²) in [5.41, 5.74) is 1.83. The second-order valence-electron chi connectivity index (χ2n) is 3.14. The summed E-state index contributed by atoms with van der Waals surface area (Å²) in [4.78, 5) is 4.51. The Balaban J connectivity index is 2.21. The fourth-order valence-corrected chi connectivity index (χ4v) is 3.51. The van der Waals surface area contributed by atoms with Crippen LogP contribution in [0.4, 0.5) is 0 Å². The van der Waals surface area contributed by atoms with Crippen LogP contribution in [0.2, 0.25) is 8.67 Å². The van der Waals surface area contributed by atoms with Gasteiger partial charge in [-0.15, -0.1) is 22.7 Å². The van der Waals surface area contributed by atoms with Crippen molar-refractivity contribution in [3.8, 4) is 11.3 Å². The molecule has 0 aromatic carbocycles. The summed E-state index contributed by atoms with van der Waals surface area (Å²) in [5, 5.41) is 6.32. The smallest absolute Gasteiger partial charge is 0.107 e. The summed E-state index contributed by atoms with van der Waals surface area (Å²) in [5.74, 6) is 0. The number of thiazole rings is 1. The van der Waals surface area contributed by atoms with E-state index >= 15 is 0 Å². The van der Waals surface area contributed by atoms with E-state index in [0.29, 0.717) is 8.67 Å². The van der Waals surface area contributed by atoms with E-state index in [1.54, 1.807) is 11.3 Å². The quantitative estimate of drug-likeness (QED) is 0.909. The van der Waals surface area contributed by atoms with Crippen molar-refractivity contribution in [2.75, 3.05) is 6.54 Å². The molecule has 2 aromatic heterocycles.